The van der Waals surface area contributed by atoms with Crippen LogP contribution < -0.4 is 15.6 Å². The molecule has 1 aromatic heterocycles. The van der Waals surface area contributed by atoms with Crippen LogP contribution in [0.4, 0.5) is 23.7 Å². The Hall–Kier alpha value is -3.27. The zero-order chi connectivity index (χ0) is 22.0. The van der Waals surface area contributed by atoms with Crippen molar-refractivity contribution in [3.05, 3.63) is 79.9 Å². The van der Waals surface area contributed by atoms with Crippen LogP contribution in [0.3, 0.4) is 0 Å². The maximum absolute atomic E-state index is 14.6. The molecule has 0 aliphatic rings. The fourth-order valence-corrected chi connectivity index (χ4v) is 3.25. The molecule has 0 aliphatic carbocycles. The van der Waals surface area contributed by atoms with Gasteiger partial charge in [0.1, 0.15) is 34.3 Å². The normalized spacial score (nSPS) is 10.7. The van der Waals surface area contributed by atoms with Gasteiger partial charge in [-0.2, -0.15) is 0 Å². The van der Waals surface area contributed by atoms with Gasteiger partial charge in [-0.3, -0.25) is 10.1 Å². The van der Waals surface area contributed by atoms with Gasteiger partial charge in [-0.25, -0.2) is 18.0 Å². The number of carboxylic acid groups (broad SMARTS) is 1. The van der Waals surface area contributed by atoms with Crippen molar-refractivity contribution in [2.24, 2.45) is 0 Å². The first-order valence-electron chi connectivity index (χ1n) is 8.46. The summed E-state index contributed by atoms with van der Waals surface area (Å²) in [4.78, 5) is 25.6. The van der Waals surface area contributed by atoms with E-state index in [2.05, 4.69) is 26.2 Å². The predicted octanol–water partition coefficient (Wildman–Crippen LogP) is 5.20. The first kappa shape index (κ1) is 21.4. The second-order valence-electron chi connectivity index (χ2n) is 6.25. The van der Waals surface area contributed by atoms with E-state index in [9.17, 15) is 22.8 Å². The molecule has 0 aliphatic heterocycles. The van der Waals surface area contributed by atoms with Crippen molar-refractivity contribution in [3.63, 3.8) is 0 Å². The average molecular weight is 483 g/mol. The van der Waals surface area contributed by atoms with Crippen LogP contribution >= 0.6 is 15.9 Å². The zero-order valence-electron chi connectivity index (χ0n) is 15.4. The van der Waals surface area contributed by atoms with Crippen molar-refractivity contribution in [2.75, 3.05) is 5.32 Å². The first-order chi connectivity index (χ1) is 14.2. The van der Waals surface area contributed by atoms with Crippen molar-refractivity contribution in [1.82, 2.24) is 4.98 Å². The van der Waals surface area contributed by atoms with E-state index in [4.69, 9.17) is 9.84 Å². The second kappa shape index (κ2) is 8.62. The Morgan fingerprint density at radius 2 is 1.90 bits per heavy atom. The third-order valence-electron chi connectivity index (χ3n) is 4.18. The highest BCUT2D eigenvalue weighted by Crippen LogP contribution is 2.39. The van der Waals surface area contributed by atoms with Gasteiger partial charge in [0.2, 0.25) is 0 Å². The third kappa shape index (κ3) is 4.48. The summed E-state index contributed by atoms with van der Waals surface area (Å²) >= 11 is 3.09. The predicted molar refractivity (Wildman–Crippen MR) is 107 cm³/mol. The minimum absolute atomic E-state index is 0.0222. The number of nitrogens with one attached hydrogen (secondary N) is 2. The fraction of sp³-hybridized carbons (Fsp3) is 0.100. The van der Waals surface area contributed by atoms with Crippen molar-refractivity contribution in [1.29, 1.82) is 0 Å². The van der Waals surface area contributed by atoms with Gasteiger partial charge < -0.3 is 14.8 Å². The molecule has 3 N–H and O–H groups in total. The fourth-order valence-electron chi connectivity index (χ4n) is 2.84. The standard InChI is InChI=1S/C20H14BrF3N2O4/c1-9-16(13-7-12(26-20(28)29)4-5-14(13)23)18(17(21)19(27)25-9)30-8-10-2-3-11(22)6-15(10)24/h2-7,26H,8H2,1H3,(H,25,27)(H,28,29). The van der Waals surface area contributed by atoms with Gasteiger partial charge in [-0.05, 0) is 53.2 Å². The quantitative estimate of drug-likeness (QED) is 0.466. The minimum Gasteiger partial charge on any atom is -0.487 e. The van der Waals surface area contributed by atoms with E-state index in [1.54, 1.807) is 0 Å². The van der Waals surface area contributed by atoms with Crippen molar-refractivity contribution in [2.45, 2.75) is 13.5 Å². The Morgan fingerprint density at radius 3 is 2.57 bits per heavy atom. The number of carbonyl (C=O) groups is 1. The van der Waals surface area contributed by atoms with E-state index in [-0.39, 0.29) is 44.9 Å². The average Bonchev–Trinajstić information content (AvgIpc) is 2.66. The number of aromatic amines is 1. The Labute approximate surface area is 176 Å². The highest BCUT2D eigenvalue weighted by molar-refractivity contribution is 9.10. The number of benzene rings is 2. The van der Waals surface area contributed by atoms with Crippen LogP contribution in [-0.2, 0) is 6.61 Å². The first-order valence-corrected chi connectivity index (χ1v) is 9.25. The van der Waals surface area contributed by atoms with Gasteiger partial charge in [-0.15, -0.1) is 0 Å². The number of halogens is 4. The number of ether oxygens (including phenoxy) is 1. The molecule has 3 rings (SSSR count). The van der Waals surface area contributed by atoms with Crippen LogP contribution in [0.15, 0.2) is 45.7 Å². The zero-order valence-corrected chi connectivity index (χ0v) is 16.9. The van der Waals surface area contributed by atoms with Crippen molar-refractivity contribution >= 4 is 27.7 Å². The number of rotatable bonds is 5. The molecule has 6 nitrogen and oxygen atoms in total. The summed E-state index contributed by atoms with van der Waals surface area (Å²) in [6.07, 6.45) is -1.34. The minimum atomic E-state index is -1.34. The lowest BCUT2D eigenvalue weighted by Gasteiger charge is -2.17. The van der Waals surface area contributed by atoms with Crippen molar-refractivity contribution < 1.29 is 27.8 Å². The molecule has 2 aromatic carbocycles. The molecule has 3 aromatic rings. The van der Waals surface area contributed by atoms with Gasteiger partial charge in [0, 0.05) is 34.1 Å². The molecule has 10 heteroatoms. The van der Waals surface area contributed by atoms with Gasteiger partial charge in [0.05, 0.1) is 0 Å². The number of pyridine rings is 1. The van der Waals surface area contributed by atoms with Crippen molar-refractivity contribution in [3.8, 4) is 16.9 Å². The molecule has 0 radical (unpaired) electrons. The molecule has 156 valence electrons. The monoisotopic (exact) mass is 482 g/mol. The summed E-state index contributed by atoms with van der Waals surface area (Å²) in [5.74, 6) is -2.37. The topological polar surface area (TPSA) is 91.4 Å². The third-order valence-corrected chi connectivity index (χ3v) is 4.90. The summed E-state index contributed by atoms with van der Waals surface area (Å²) in [7, 11) is 0. The molecule has 0 atom stereocenters. The maximum Gasteiger partial charge on any atom is 0.409 e. The van der Waals surface area contributed by atoms with Crippen LogP contribution in [0.2, 0.25) is 0 Å². The van der Waals surface area contributed by atoms with Gasteiger partial charge >= 0.3 is 6.09 Å². The summed E-state index contributed by atoms with van der Waals surface area (Å²) < 4.78 is 47.2. The largest absolute Gasteiger partial charge is 0.487 e. The second-order valence-corrected chi connectivity index (χ2v) is 7.04. The highest BCUT2D eigenvalue weighted by Gasteiger charge is 2.21. The van der Waals surface area contributed by atoms with Gasteiger partial charge in [0.15, 0.2) is 0 Å². The summed E-state index contributed by atoms with van der Waals surface area (Å²) in [6, 6.07) is 6.47. The van der Waals surface area contributed by atoms with Gasteiger partial charge in [0.25, 0.3) is 5.56 Å². The van der Waals surface area contributed by atoms with Crippen LogP contribution in [0, 0.1) is 24.4 Å². The Morgan fingerprint density at radius 1 is 1.17 bits per heavy atom. The molecule has 0 saturated carbocycles. The van der Waals surface area contributed by atoms with Crippen LogP contribution in [0.25, 0.3) is 11.1 Å². The molecule has 1 amide bonds. The maximum atomic E-state index is 14.6. The Bertz CT molecular complexity index is 1200. The van der Waals surface area contributed by atoms with E-state index in [1.807, 2.05) is 0 Å². The summed E-state index contributed by atoms with van der Waals surface area (Å²) in [5, 5.41) is 11.0. The number of hydrogen-bond acceptors (Lipinski definition) is 3. The number of aromatic nitrogens is 1. The number of amides is 1. The molecule has 1 heterocycles. The smallest absolute Gasteiger partial charge is 0.409 e. The van der Waals surface area contributed by atoms with Gasteiger partial charge in [-0.1, -0.05) is 0 Å². The van der Waals surface area contributed by atoms with E-state index in [1.165, 1.54) is 25.1 Å². The van der Waals surface area contributed by atoms with E-state index >= 15 is 0 Å². The number of aryl methyl sites for hydroxylation is 1. The SMILES string of the molecule is Cc1[nH]c(=O)c(Br)c(OCc2ccc(F)cc2F)c1-c1cc(NC(=O)O)ccc1F. The van der Waals surface area contributed by atoms with Crippen LogP contribution in [0.1, 0.15) is 11.3 Å². The molecular weight excluding hydrogens is 469 g/mol. The molecular formula is C20H14BrF3N2O4. The van der Waals surface area contributed by atoms with Crippen LogP contribution in [-0.4, -0.2) is 16.2 Å². The lowest BCUT2D eigenvalue weighted by Crippen LogP contribution is -2.14. The lowest BCUT2D eigenvalue weighted by atomic mass is 10.0. The van der Waals surface area contributed by atoms with Crippen LogP contribution in [0.5, 0.6) is 5.75 Å². The number of H-pyrrole nitrogens is 1. The van der Waals surface area contributed by atoms with E-state index in [0.717, 1.165) is 12.1 Å². The number of anilines is 1. The lowest BCUT2D eigenvalue weighted by molar-refractivity contribution is 0.209. The summed E-state index contributed by atoms with van der Waals surface area (Å²) in [6.45, 7) is 1.14. The molecule has 0 spiro atoms. The highest BCUT2D eigenvalue weighted by atomic mass is 79.9. The molecule has 0 unspecified atom stereocenters. The van der Waals surface area contributed by atoms with E-state index < -0.39 is 29.1 Å². The summed E-state index contributed by atoms with van der Waals surface area (Å²) in [5.41, 5.74) is -0.124. The molecule has 0 bridgehead atoms. The molecule has 30 heavy (non-hydrogen) atoms. The molecule has 0 saturated heterocycles. The van der Waals surface area contributed by atoms with E-state index in [0.29, 0.717) is 6.07 Å². The molecule has 0 fully saturated rings. The Balaban J connectivity index is 2.11. The Kier molecular flexibility index (Phi) is 6.16. The number of hydrogen-bond donors (Lipinski definition) is 3.